The van der Waals surface area contributed by atoms with E-state index < -0.39 is 12.0 Å². The average Bonchev–Trinajstić information content (AvgIpc) is 2.97. The number of nitrogens with zero attached hydrogens (tertiary/aromatic N) is 2. The van der Waals surface area contributed by atoms with E-state index in [1.54, 1.807) is 32.2 Å². The van der Waals surface area contributed by atoms with Crippen LogP contribution >= 0.6 is 11.3 Å². The SMILES string of the molecule is CC(C)[C@H](NC(=O)N(C)Cc1cnc([C@H]2CC2C)s1)C(=O)O. The summed E-state index contributed by atoms with van der Waals surface area (Å²) in [6.45, 7) is 6.19. The lowest BCUT2D eigenvalue weighted by Gasteiger charge is -2.22. The number of thiazole rings is 1. The van der Waals surface area contributed by atoms with E-state index in [1.165, 1.54) is 11.3 Å². The summed E-state index contributed by atoms with van der Waals surface area (Å²) in [5, 5.41) is 12.8. The highest BCUT2D eigenvalue weighted by Gasteiger charge is 2.36. The molecule has 1 unspecified atom stereocenters. The van der Waals surface area contributed by atoms with Crippen molar-refractivity contribution in [3.05, 3.63) is 16.1 Å². The second-order valence-corrected chi connectivity index (χ2v) is 7.50. The van der Waals surface area contributed by atoms with E-state index in [0.717, 1.165) is 9.88 Å². The Kier molecular flexibility index (Phi) is 5.05. The van der Waals surface area contributed by atoms with Crippen molar-refractivity contribution in [2.75, 3.05) is 7.05 Å². The highest BCUT2D eigenvalue weighted by Crippen LogP contribution is 2.48. The lowest BCUT2D eigenvalue weighted by atomic mass is 10.1. The van der Waals surface area contributed by atoms with Crippen molar-refractivity contribution in [2.45, 2.75) is 45.7 Å². The molecule has 3 atom stereocenters. The third-order valence-corrected chi connectivity index (χ3v) is 5.06. The van der Waals surface area contributed by atoms with Crippen molar-refractivity contribution in [3.8, 4) is 0 Å². The normalized spacial score (nSPS) is 21.5. The number of carboxylic acid groups (broad SMARTS) is 1. The minimum absolute atomic E-state index is 0.166. The quantitative estimate of drug-likeness (QED) is 0.842. The number of rotatable bonds is 6. The second-order valence-electron chi connectivity index (χ2n) is 6.35. The fraction of sp³-hybridized carbons (Fsp3) is 0.667. The van der Waals surface area contributed by atoms with Gasteiger partial charge in [-0.1, -0.05) is 20.8 Å². The van der Waals surface area contributed by atoms with Crippen LogP contribution < -0.4 is 5.32 Å². The fourth-order valence-corrected chi connectivity index (χ4v) is 3.51. The fourth-order valence-electron chi connectivity index (χ4n) is 2.30. The van der Waals surface area contributed by atoms with E-state index in [1.807, 2.05) is 6.20 Å². The summed E-state index contributed by atoms with van der Waals surface area (Å²) < 4.78 is 0. The molecule has 0 bridgehead atoms. The second kappa shape index (κ2) is 6.64. The molecule has 1 aromatic rings. The van der Waals surface area contributed by atoms with Gasteiger partial charge in [0.15, 0.2) is 0 Å². The van der Waals surface area contributed by atoms with Crippen molar-refractivity contribution in [2.24, 2.45) is 11.8 Å². The molecule has 1 aliphatic rings. The van der Waals surface area contributed by atoms with Crippen LogP contribution in [-0.2, 0) is 11.3 Å². The summed E-state index contributed by atoms with van der Waals surface area (Å²) >= 11 is 1.64. The Morgan fingerprint density at radius 3 is 2.68 bits per heavy atom. The molecule has 0 spiro atoms. The first-order chi connectivity index (χ1) is 10.3. The summed E-state index contributed by atoms with van der Waals surface area (Å²) in [4.78, 5) is 30.2. The summed E-state index contributed by atoms with van der Waals surface area (Å²) in [5.41, 5.74) is 0. The topological polar surface area (TPSA) is 82.5 Å². The Morgan fingerprint density at radius 1 is 1.55 bits per heavy atom. The zero-order chi connectivity index (χ0) is 16.4. The number of aromatic nitrogens is 1. The first-order valence-corrected chi connectivity index (χ1v) is 8.30. The van der Waals surface area contributed by atoms with Gasteiger partial charge in [0.2, 0.25) is 0 Å². The van der Waals surface area contributed by atoms with E-state index in [9.17, 15) is 9.59 Å². The number of carboxylic acids is 1. The van der Waals surface area contributed by atoms with Gasteiger partial charge < -0.3 is 15.3 Å². The van der Waals surface area contributed by atoms with Gasteiger partial charge in [0.1, 0.15) is 6.04 Å². The number of hydrogen-bond acceptors (Lipinski definition) is 4. The summed E-state index contributed by atoms with van der Waals surface area (Å²) in [6, 6.07) is -1.25. The molecule has 1 fully saturated rings. The monoisotopic (exact) mass is 325 g/mol. The number of aliphatic carboxylic acids is 1. The third kappa shape index (κ3) is 3.97. The van der Waals surface area contributed by atoms with Gasteiger partial charge in [-0.15, -0.1) is 11.3 Å². The Balaban J connectivity index is 1.90. The van der Waals surface area contributed by atoms with Crippen LogP contribution in [0.2, 0.25) is 0 Å². The molecule has 1 aliphatic carbocycles. The molecule has 1 saturated carbocycles. The Morgan fingerprint density at radius 2 is 2.18 bits per heavy atom. The van der Waals surface area contributed by atoms with Gasteiger partial charge in [0, 0.05) is 24.0 Å². The van der Waals surface area contributed by atoms with Crippen LogP contribution in [-0.4, -0.2) is 40.1 Å². The smallest absolute Gasteiger partial charge is 0.326 e. The summed E-state index contributed by atoms with van der Waals surface area (Å²) in [6.07, 6.45) is 3.00. The molecule has 0 aliphatic heterocycles. The summed E-state index contributed by atoms with van der Waals surface area (Å²) in [7, 11) is 1.66. The summed E-state index contributed by atoms with van der Waals surface area (Å²) in [5.74, 6) is 0.110. The van der Waals surface area contributed by atoms with E-state index in [-0.39, 0.29) is 11.9 Å². The van der Waals surface area contributed by atoms with E-state index >= 15 is 0 Å². The maximum absolute atomic E-state index is 12.1. The number of carbonyl (C=O) groups excluding carboxylic acids is 1. The van der Waals surface area contributed by atoms with Crippen LogP contribution in [0.15, 0.2) is 6.20 Å². The molecule has 1 aromatic heterocycles. The van der Waals surface area contributed by atoms with Crippen LogP contribution in [0.4, 0.5) is 4.79 Å². The first kappa shape index (κ1) is 16.7. The molecule has 122 valence electrons. The first-order valence-electron chi connectivity index (χ1n) is 7.48. The third-order valence-electron chi connectivity index (χ3n) is 3.95. The molecular formula is C15H23N3O3S. The maximum atomic E-state index is 12.1. The highest BCUT2D eigenvalue weighted by atomic mass is 32.1. The predicted molar refractivity (Wildman–Crippen MR) is 84.9 cm³/mol. The minimum Gasteiger partial charge on any atom is -0.480 e. The average molecular weight is 325 g/mol. The molecule has 22 heavy (non-hydrogen) atoms. The molecule has 2 amide bonds. The lowest BCUT2D eigenvalue weighted by Crippen LogP contribution is -2.48. The zero-order valence-electron chi connectivity index (χ0n) is 13.4. The van der Waals surface area contributed by atoms with Gasteiger partial charge in [-0.25, -0.2) is 14.6 Å². The van der Waals surface area contributed by atoms with Crippen molar-refractivity contribution in [1.29, 1.82) is 0 Å². The van der Waals surface area contributed by atoms with Gasteiger partial charge in [0.05, 0.1) is 11.6 Å². The van der Waals surface area contributed by atoms with Gasteiger partial charge in [0.25, 0.3) is 0 Å². The molecule has 0 aromatic carbocycles. The Bertz CT molecular complexity index is 558. The van der Waals surface area contributed by atoms with E-state index in [0.29, 0.717) is 18.4 Å². The Labute approximate surface area is 134 Å². The zero-order valence-corrected chi connectivity index (χ0v) is 14.2. The number of hydrogen-bond donors (Lipinski definition) is 2. The molecular weight excluding hydrogens is 302 g/mol. The largest absolute Gasteiger partial charge is 0.480 e. The highest BCUT2D eigenvalue weighted by molar-refractivity contribution is 7.11. The molecule has 1 heterocycles. The van der Waals surface area contributed by atoms with Gasteiger partial charge in [-0.3, -0.25) is 0 Å². The van der Waals surface area contributed by atoms with Gasteiger partial charge in [-0.2, -0.15) is 0 Å². The number of carbonyl (C=O) groups is 2. The van der Waals surface area contributed by atoms with Crippen LogP contribution in [0, 0.1) is 11.8 Å². The molecule has 2 rings (SSSR count). The van der Waals surface area contributed by atoms with Crippen molar-refractivity contribution < 1.29 is 14.7 Å². The van der Waals surface area contributed by atoms with Crippen LogP contribution in [0.5, 0.6) is 0 Å². The van der Waals surface area contributed by atoms with Crippen LogP contribution in [0.25, 0.3) is 0 Å². The van der Waals surface area contributed by atoms with E-state index in [4.69, 9.17) is 5.11 Å². The van der Waals surface area contributed by atoms with Crippen molar-refractivity contribution in [1.82, 2.24) is 15.2 Å². The number of amides is 2. The Hall–Kier alpha value is -1.63. The van der Waals surface area contributed by atoms with E-state index in [2.05, 4.69) is 17.2 Å². The minimum atomic E-state index is -1.01. The number of urea groups is 1. The molecule has 7 heteroatoms. The molecule has 0 saturated heterocycles. The number of nitrogens with one attached hydrogen (secondary N) is 1. The maximum Gasteiger partial charge on any atom is 0.326 e. The lowest BCUT2D eigenvalue weighted by molar-refractivity contribution is -0.140. The van der Waals surface area contributed by atoms with Crippen molar-refractivity contribution in [3.63, 3.8) is 0 Å². The van der Waals surface area contributed by atoms with Crippen molar-refractivity contribution >= 4 is 23.3 Å². The van der Waals surface area contributed by atoms with Gasteiger partial charge >= 0.3 is 12.0 Å². The van der Waals surface area contributed by atoms with Crippen LogP contribution in [0.1, 0.15) is 43.0 Å². The predicted octanol–water partition coefficient (Wildman–Crippen LogP) is 2.52. The molecule has 2 N–H and O–H groups in total. The molecule has 0 radical (unpaired) electrons. The van der Waals surface area contributed by atoms with Gasteiger partial charge in [-0.05, 0) is 18.3 Å². The standard InChI is InChI=1S/C15H23N3O3S/c1-8(2)12(14(19)20)17-15(21)18(4)7-10-6-16-13(22-10)11-5-9(11)3/h6,8-9,11-12H,5,7H2,1-4H3,(H,17,21)(H,19,20)/t9?,11-,12-/m0/s1. The molecule has 6 nitrogen and oxygen atoms in total. The van der Waals surface area contributed by atoms with Crippen LogP contribution in [0.3, 0.4) is 0 Å².